The van der Waals surface area contributed by atoms with Crippen molar-refractivity contribution in [2.75, 3.05) is 5.32 Å². The molecule has 0 saturated heterocycles. The van der Waals surface area contributed by atoms with Gasteiger partial charge in [0.1, 0.15) is 11.5 Å². The highest BCUT2D eigenvalue weighted by Gasteiger charge is 2.18. The first-order valence-corrected chi connectivity index (χ1v) is 10.5. The van der Waals surface area contributed by atoms with Crippen molar-refractivity contribution in [3.05, 3.63) is 80.0 Å². The highest BCUT2D eigenvalue weighted by atomic mass is 35.5. The summed E-state index contributed by atoms with van der Waals surface area (Å²) in [6.07, 6.45) is 0.578. The Labute approximate surface area is 181 Å². The molecule has 1 amide bonds. The maximum absolute atomic E-state index is 12.8. The van der Waals surface area contributed by atoms with Crippen LogP contribution in [0.5, 0.6) is 0 Å². The number of rotatable bonds is 5. The zero-order valence-corrected chi connectivity index (χ0v) is 17.8. The Bertz CT molecular complexity index is 1260. The predicted octanol–water partition coefficient (Wildman–Crippen LogP) is 4.46. The summed E-state index contributed by atoms with van der Waals surface area (Å²) in [7, 11) is 0. The number of hydrogen-bond acceptors (Lipinski definition) is 5. The fourth-order valence-corrected chi connectivity index (χ4v) is 3.89. The van der Waals surface area contributed by atoms with E-state index in [1.165, 1.54) is 16.0 Å². The van der Waals surface area contributed by atoms with Gasteiger partial charge in [0.05, 0.1) is 4.88 Å². The molecule has 0 spiro atoms. The molecule has 0 saturated carbocycles. The van der Waals surface area contributed by atoms with E-state index in [0.717, 1.165) is 4.88 Å². The highest BCUT2D eigenvalue weighted by Crippen LogP contribution is 2.27. The van der Waals surface area contributed by atoms with Gasteiger partial charge < -0.3 is 5.32 Å². The topological polar surface area (TPSA) is 92.7 Å². The Hall–Kier alpha value is -3.23. The summed E-state index contributed by atoms with van der Waals surface area (Å²) in [5.41, 5.74) is 2.14. The molecule has 0 radical (unpaired) electrons. The molecule has 30 heavy (non-hydrogen) atoms. The van der Waals surface area contributed by atoms with Gasteiger partial charge >= 0.3 is 0 Å². The number of H-pyrrole nitrogens is 1. The molecule has 7 nitrogen and oxygen atoms in total. The number of aromatic nitrogens is 4. The second-order valence-electron chi connectivity index (χ2n) is 6.57. The van der Waals surface area contributed by atoms with E-state index in [2.05, 4.69) is 20.4 Å². The number of hydrogen-bond donors (Lipinski definition) is 2. The average molecular weight is 440 g/mol. The molecule has 0 aliphatic carbocycles. The molecular formula is C21H18ClN5O2S. The Morgan fingerprint density at radius 3 is 2.67 bits per heavy atom. The lowest BCUT2D eigenvalue weighted by Gasteiger charge is -2.10. The lowest BCUT2D eigenvalue weighted by molar-refractivity contribution is 0.102. The van der Waals surface area contributed by atoms with E-state index in [4.69, 9.17) is 11.6 Å². The van der Waals surface area contributed by atoms with Crippen LogP contribution >= 0.6 is 22.9 Å². The maximum Gasteiger partial charge on any atom is 0.256 e. The molecular weight excluding hydrogens is 422 g/mol. The number of halogens is 1. The molecule has 0 fully saturated rings. The van der Waals surface area contributed by atoms with E-state index in [9.17, 15) is 9.59 Å². The summed E-state index contributed by atoms with van der Waals surface area (Å²) >= 11 is 7.44. The van der Waals surface area contributed by atoms with Gasteiger partial charge in [0.2, 0.25) is 5.95 Å². The Balaban J connectivity index is 1.78. The fourth-order valence-electron chi connectivity index (χ4n) is 3.08. The zero-order chi connectivity index (χ0) is 21.3. The van der Waals surface area contributed by atoms with E-state index in [0.29, 0.717) is 39.8 Å². The maximum atomic E-state index is 12.8. The number of aromatic amines is 1. The molecule has 1 aromatic carbocycles. The van der Waals surface area contributed by atoms with Crippen LogP contribution in [-0.4, -0.2) is 25.7 Å². The van der Waals surface area contributed by atoms with Crippen molar-refractivity contribution in [2.45, 2.75) is 20.3 Å². The van der Waals surface area contributed by atoms with Crippen LogP contribution in [0.2, 0.25) is 5.02 Å². The first-order valence-electron chi connectivity index (χ1n) is 9.27. The molecule has 2 N–H and O–H groups in total. The molecule has 4 aromatic rings. The molecule has 4 rings (SSSR count). The van der Waals surface area contributed by atoms with Crippen LogP contribution in [0.15, 0.2) is 52.6 Å². The van der Waals surface area contributed by atoms with Gasteiger partial charge in [-0.3, -0.25) is 14.6 Å². The smallest absolute Gasteiger partial charge is 0.256 e. The van der Waals surface area contributed by atoms with Crippen LogP contribution < -0.4 is 10.9 Å². The van der Waals surface area contributed by atoms with Crippen molar-refractivity contribution in [3.8, 4) is 16.5 Å². The minimum absolute atomic E-state index is 0.219. The highest BCUT2D eigenvalue weighted by molar-refractivity contribution is 7.13. The van der Waals surface area contributed by atoms with Gasteiger partial charge in [-0.25, -0.2) is 4.98 Å². The molecule has 0 aliphatic rings. The SMILES string of the molecule is CCc1c(C)nc(-n2nc(-c3cccs3)cc2NC(=O)c2ccc(Cl)cc2)[nH]c1=O. The zero-order valence-electron chi connectivity index (χ0n) is 16.3. The van der Waals surface area contributed by atoms with Crippen molar-refractivity contribution in [1.29, 1.82) is 0 Å². The van der Waals surface area contributed by atoms with Crippen molar-refractivity contribution in [3.63, 3.8) is 0 Å². The van der Waals surface area contributed by atoms with Crippen molar-refractivity contribution >= 4 is 34.7 Å². The monoisotopic (exact) mass is 439 g/mol. The van der Waals surface area contributed by atoms with Gasteiger partial charge in [0.25, 0.3) is 11.5 Å². The average Bonchev–Trinajstić information content (AvgIpc) is 3.38. The number of aryl methyl sites for hydroxylation is 1. The normalized spacial score (nSPS) is 10.9. The van der Waals surface area contributed by atoms with Crippen molar-refractivity contribution in [1.82, 2.24) is 19.7 Å². The van der Waals surface area contributed by atoms with Crippen molar-refractivity contribution in [2.24, 2.45) is 0 Å². The Morgan fingerprint density at radius 1 is 1.27 bits per heavy atom. The number of carbonyl (C=O) groups is 1. The van der Waals surface area contributed by atoms with E-state index in [1.807, 2.05) is 24.4 Å². The van der Waals surface area contributed by atoms with Gasteiger partial charge in [0, 0.05) is 27.9 Å². The fraction of sp³-hybridized carbons (Fsp3) is 0.143. The number of anilines is 1. The van der Waals surface area contributed by atoms with E-state index in [-0.39, 0.29) is 17.4 Å². The third-order valence-corrected chi connectivity index (χ3v) is 5.74. The van der Waals surface area contributed by atoms with Gasteiger partial charge in [-0.15, -0.1) is 11.3 Å². The third kappa shape index (κ3) is 3.92. The number of thiophene rings is 1. The number of benzene rings is 1. The number of nitrogens with zero attached hydrogens (tertiary/aromatic N) is 3. The van der Waals surface area contributed by atoms with Crippen molar-refractivity contribution < 1.29 is 4.79 Å². The van der Waals surface area contributed by atoms with Gasteiger partial charge in [-0.2, -0.15) is 9.78 Å². The molecule has 0 unspecified atom stereocenters. The van der Waals surface area contributed by atoms with E-state index >= 15 is 0 Å². The Kier molecular flexibility index (Phi) is 5.52. The number of carbonyl (C=O) groups excluding carboxylic acids is 1. The first-order chi connectivity index (χ1) is 14.5. The summed E-state index contributed by atoms with van der Waals surface area (Å²) in [6, 6.07) is 12.2. The van der Waals surface area contributed by atoms with Crippen LogP contribution in [0, 0.1) is 6.92 Å². The lowest BCUT2D eigenvalue weighted by Crippen LogP contribution is -2.21. The quantitative estimate of drug-likeness (QED) is 0.480. The van der Waals surface area contributed by atoms with Crippen LogP contribution in [0.1, 0.15) is 28.5 Å². The molecule has 0 atom stereocenters. The number of amides is 1. The second-order valence-corrected chi connectivity index (χ2v) is 7.96. The summed E-state index contributed by atoms with van der Waals surface area (Å²) in [5, 5.41) is 9.93. The lowest BCUT2D eigenvalue weighted by atomic mass is 10.2. The van der Waals surface area contributed by atoms with Crippen LogP contribution in [0.25, 0.3) is 16.5 Å². The molecule has 0 bridgehead atoms. The van der Waals surface area contributed by atoms with E-state index in [1.54, 1.807) is 37.3 Å². The van der Waals surface area contributed by atoms with Crippen LogP contribution in [0.4, 0.5) is 5.82 Å². The van der Waals surface area contributed by atoms with Gasteiger partial charge in [-0.05, 0) is 49.1 Å². The van der Waals surface area contributed by atoms with Gasteiger partial charge in [-0.1, -0.05) is 24.6 Å². The minimum Gasteiger partial charge on any atom is -0.306 e. The van der Waals surface area contributed by atoms with Crippen LogP contribution in [-0.2, 0) is 6.42 Å². The molecule has 9 heteroatoms. The molecule has 0 aliphatic heterocycles. The number of nitrogens with one attached hydrogen (secondary N) is 2. The summed E-state index contributed by atoms with van der Waals surface area (Å²) in [6.45, 7) is 3.69. The second kappa shape index (κ2) is 8.25. The Morgan fingerprint density at radius 2 is 2.03 bits per heavy atom. The predicted molar refractivity (Wildman–Crippen MR) is 119 cm³/mol. The minimum atomic E-state index is -0.324. The summed E-state index contributed by atoms with van der Waals surface area (Å²) < 4.78 is 1.44. The van der Waals surface area contributed by atoms with Crippen LogP contribution in [0.3, 0.4) is 0 Å². The molecule has 3 heterocycles. The largest absolute Gasteiger partial charge is 0.306 e. The van der Waals surface area contributed by atoms with E-state index < -0.39 is 0 Å². The molecule has 152 valence electrons. The van der Waals surface area contributed by atoms with Gasteiger partial charge in [0.15, 0.2) is 0 Å². The summed E-state index contributed by atoms with van der Waals surface area (Å²) in [4.78, 5) is 33.4. The standard InChI is InChI=1S/C21H18ClN5O2S/c1-3-15-12(2)23-21(25-20(15)29)27-18(11-16(26-27)17-5-4-10-30-17)24-19(28)13-6-8-14(22)9-7-13/h4-11H,3H2,1-2H3,(H,24,28)(H,23,25,29). The summed E-state index contributed by atoms with van der Waals surface area (Å²) in [5.74, 6) is 0.309. The first kappa shape index (κ1) is 20.1. The molecule has 3 aromatic heterocycles. The third-order valence-electron chi connectivity index (χ3n) is 4.59.